The summed E-state index contributed by atoms with van der Waals surface area (Å²) < 4.78 is 95.2. The second-order valence-corrected chi connectivity index (χ2v) is 2.41. The summed E-state index contributed by atoms with van der Waals surface area (Å²) in [6, 6.07) is 0. The Kier molecular flexibility index (Phi) is 14.3. The van der Waals surface area contributed by atoms with Crippen LogP contribution >= 0.6 is 0 Å². The molecule has 16 heteroatoms. The number of rotatable bonds is 0. The molecule has 0 aromatic rings. The van der Waals surface area contributed by atoms with E-state index in [9.17, 15) is 39.5 Å². The van der Waals surface area contributed by atoms with Gasteiger partial charge in [-0.2, -0.15) is 39.5 Å². The largest absolute Gasteiger partial charge is 0.490 e. The number of hydrogen-bond donors (Lipinski definition) is 3. The van der Waals surface area contributed by atoms with E-state index in [0.29, 0.717) is 0 Å². The van der Waals surface area contributed by atoms with Crippen molar-refractivity contribution in [2.24, 2.45) is 0 Å². The molecule has 0 aliphatic rings. The van der Waals surface area contributed by atoms with Crippen LogP contribution in [-0.4, -0.2) is 51.8 Å². The third-order valence-corrected chi connectivity index (χ3v) is 0.728. The van der Waals surface area contributed by atoms with Crippen LogP contribution in [0.25, 0.3) is 0 Å². The Bertz CT molecular complexity index is 313. The van der Waals surface area contributed by atoms with E-state index in [0.717, 1.165) is 0 Å². The topological polar surface area (TPSA) is 112 Å². The van der Waals surface area contributed by atoms with Crippen molar-refractivity contribution in [2.45, 2.75) is 18.5 Å². The van der Waals surface area contributed by atoms with Crippen molar-refractivity contribution in [3.63, 3.8) is 0 Å². The molecule has 0 heterocycles. The van der Waals surface area contributed by atoms with E-state index in [4.69, 9.17) is 29.7 Å². The molecule has 0 aliphatic heterocycles. The van der Waals surface area contributed by atoms with Crippen molar-refractivity contribution in [1.82, 2.24) is 0 Å². The Hall–Kier alpha value is -0.895. The molecule has 130 valence electrons. The van der Waals surface area contributed by atoms with Gasteiger partial charge in [-0.25, -0.2) is 14.4 Å². The first-order valence-electron chi connectivity index (χ1n) is 3.73. The van der Waals surface area contributed by atoms with Crippen LogP contribution < -0.4 is 0 Å². The molecule has 0 aromatic carbocycles. The van der Waals surface area contributed by atoms with Crippen LogP contribution in [0.1, 0.15) is 0 Å². The summed E-state index contributed by atoms with van der Waals surface area (Å²) in [5, 5.41) is 21.4. The minimum absolute atomic E-state index is 0. The first kappa shape index (κ1) is 29.2. The molecule has 0 rings (SSSR count). The number of hydrogen-bond acceptors (Lipinski definition) is 3. The van der Waals surface area contributed by atoms with Gasteiger partial charge in [-0.3, -0.25) is 0 Å². The molecule has 0 atom stereocenters. The van der Waals surface area contributed by atoms with Gasteiger partial charge in [0, 0.05) is 39.9 Å². The van der Waals surface area contributed by atoms with Gasteiger partial charge < -0.3 is 15.3 Å². The molecule has 0 saturated carbocycles. The molecule has 22 heavy (non-hydrogen) atoms. The van der Waals surface area contributed by atoms with Crippen molar-refractivity contribution >= 4 is 17.9 Å². The van der Waals surface area contributed by atoms with Gasteiger partial charge in [-0.05, 0) is 0 Å². The molecule has 0 amide bonds. The Labute approximate surface area is 145 Å². The van der Waals surface area contributed by atoms with E-state index in [2.05, 4.69) is 0 Å². The quantitative estimate of drug-likeness (QED) is 0.382. The van der Waals surface area contributed by atoms with Gasteiger partial charge in [0.15, 0.2) is 0 Å². The summed E-state index contributed by atoms with van der Waals surface area (Å²) in [7, 11) is 0. The molecule has 6 nitrogen and oxygen atoms in total. The molecule has 3 N–H and O–H groups in total. The van der Waals surface area contributed by atoms with E-state index < -0.39 is 36.4 Å². The van der Waals surface area contributed by atoms with E-state index >= 15 is 0 Å². The van der Waals surface area contributed by atoms with Crippen LogP contribution in [0.5, 0.6) is 0 Å². The third kappa shape index (κ3) is 21.4. The van der Waals surface area contributed by atoms with E-state index in [-0.39, 0.29) is 39.9 Å². The van der Waals surface area contributed by atoms with Crippen LogP contribution in [-0.2, 0) is 14.4 Å². The molecule has 0 fully saturated rings. The molecule has 0 aliphatic carbocycles. The first-order valence-corrected chi connectivity index (χ1v) is 3.73. The van der Waals surface area contributed by atoms with E-state index in [1.54, 1.807) is 0 Å². The van der Waals surface area contributed by atoms with Crippen molar-refractivity contribution in [2.75, 3.05) is 0 Å². The number of alkyl halides is 9. The second kappa shape index (κ2) is 10.8. The van der Waals surface area contributed by atoms with E-state index in [1.165, 1.54) is 0 Å². The summed E-state index contributed by atoms with van der Waals surface area (Å²) in [5.74, 6) is -8.27. The third-order valence-electron chi connectivity index (χ3n) is 0.728. The average molecular weight is 574 g/mol. The second-order valence-electron chi connectivity index (χ2n) is 2.41. The molecule has 0 aromatic heterocycles. The van der Waals surface area contributed by atoms with Crippen LogP contribution in [0.3, 0.4) is 0 Å². The summed E-state index contributed by atoms with van der Waals surface area (Å²) in [5.41, 5.74) is 0. The normalized spacial score (nSPS) is 10.8. The minimum Gasteiger partial charge on any atom is -0.475 e. The zero-order valence-electron chi connectivity index (χ0n) is 9.47. The van der Waals surface area contributed by atoms with Crippen LogP contribution in [0, 0.1) is 39.9 Å². The summed E-state index contributed by atoms with van der Waals surface area (Å²) in [6.45, 7) is 0. The Balaban J connectivity index is -0.000000108. The van der Waals surface area contributed by atoms with Gasteiger partial charge in [-0.15, -0.1) is 0 Å². The van der Waals surface area contributed by atoms with Crippen molar-refractivity contribution in [3.8, 4) is 0 Å². The molecular weight excluding hydrogens is 571 g/mol. The van der Waals surface area contributed by atoms with Gasteiger partial charge >= 0.3 is 36.4 Å². The smallest absolute Gasteiger partial charge is 0.475 e. The standard InChI is InChI=1S/3C2HF3O2.Th/c3*3-2(4,5)1(6)7;/h3*(H,6,7);. The van der Waals surface area contributed by atoms with Crippen molar-refractivity contribution < 1.29 is 109 Å². The van der Waals surface area contributed by atoms with Gasteiger partial charge in [0.05, 0.1) is 0 Å². The van der Waals surface area contributed by atoms with E-state index in [1.807, 2.05) is 0 Å². The molecule has 0 spiro atoms. The fourth-order valence-electron chi connectivity index (χ4n) is 0. The molecule has 0 bridgehead atoms. The van der Waals surface area contributed by atoms with Gasteiger partial charge in [0.25, 0.3) is 0 Å². The van der Waals surface area contributed by atoms with Crippen LogP contribution in [0.2, 0.25) is 0 Å². The van der Waals surface area contributed by atoms with Gasteiger partial charge in [-0.1, -0.05) is 0 Å². The molecule has 0 saturated heterocycles. The number of carboxylic acids is 3. The average Bonchev–Trinajstić information content (AvgIpc) is 2.14. The fourth-order valence-corrected chi connectivity index (χ4v) is 0. The Morgan fingerprint density at radius 2 is 0.545 bits per heavy atom. The predicted octanol–water partition coefficient (Wildman–Crippen LogP) is 1.90. The first-order chi connectivity index (χ1) is 8.83. The summed E-state index contributed by atoms with van der Waals surface area (Å²) in [4.78, 5) is 26.7. The zero-order chi connectivity index (χ0) is 18.2. The van der Waals surface area contributed by atoms with Crippen LogP contribution in [0.4, 0.5) is 39.5 Å². The maximum absolute atomic E-state index is 10.6. The van der Waals surface area contributed by atoms with Crippen molar-refractivity contribution in [1.29, 1.82) is 0 Å². The maximum atomic E-state index is 10.6. The number of carbonyl (C=O) groups is 3. The van der Waals surface area contributed by atoms with Gasteiger partial charge in [0.2, 0.25) is 0 Å². The Morgan fingerprint density at radius 1 is 0.500 bits per heavy atom. The predicted molar refractivity (Wildman–Crippen MR) is 41.1 cm³/mol. The SMILES string of the molecule is O=C(O)C(F)(F)F.O=C(O)C(F)(F)F.O=C(O)C(F)(F)F.[Th]. The molecule has 0 unspecified atom stereocenters. The van der Waals surface area contributed by atoms with Crippen molar-refractivity contribution in [3.05, 3.63) is 0 Å². The zero-order valence-corrected chi connectivity index (χ0v) is 13.6. The molecular formula is C6H3F9O6Th. The summed E-state index contributed by atoms with van der Waals surface area (Å²) >= 11 is 0. The number of halogens is 9. The Morgan fingerprint density at radius 3 is 0.545 bits per heavy atom. The monoisotopic (exact) mass is 574 g/mol. The number of aliphatic carboxylic acids is 3. The fraction of sp³-hybridized carbons (Fsp3) is 0.500. The summed E-state index contributed by atoms with van der Waals surface area (Å²) in [6.07, 6.45) is -15.3. The maximum Gasteiger partial charge on any atom is 0.490 e. The minimum atomic E-state index is -5.08. The van der Waals surface area contributed by atoms with Gasteiger partial charge in [0.1, 0.15) is 0 Å². The van der Waals surface area contributed by atoms with Crippen LogP contribution in [0.15, 0.2) is 0 Å². The number of carboxylic acid groups (broad SMARTS) is 3. The molecule has 0 radical (unpaired) electrons.